The first-order valence-corrected chi connectivity index (χ1v) is 14.0. The van der Waals surface area contributed by atoms with Crippen LogP contribution in [-0.4, -0.2) is 60.8 Å². The number of rotatable bonds is 5. The van der Waals surface area contributed by atoms with Gasteiger partial charge in [0.15, 0.2) is 6.29 Å². The molecule has 0 aromatic heterocycles. The van der Waals surface area contributed by atoms with Crippen molar-refractivity contribution in [3.05, 3.63) is 70.5 Å². The number of likely N-dealkylation sites (tertiary alicyclic amines) is 1. The highest BCUT2D eigenvalue weighted by Crippen LogP contribution is 2.47. The lowest BCUT2D eigenvalue weighted by Gasteiger charge is -2.49. The van der Waals surface area contributed by atoms with Crippen molar-refractivity contribution in [3.8, 4) is 0 Å². The third-order valence-corrected chi connectivity index (χ3v) is 9.25. The smallest absolute Gasteiger partial charge is 0.390 e. The fraction of sp³-hybridized carbons (Fsp3) is 0.600. The lowest BCUT2D eigenvalue weighted by atomic mass is 9.71. The van der Waals surface area contributed by atoms with Crippen LogP contribution in [0.5, 0.6) is 0 Å². The number of hydrogen-bond acceptors (Lipinski definition) is 5. The monoisotopic (exact) mass is 605 g/mol. The van der Waals surface area contributed by atoms with Gasteiger partial charge in [-0.25, -0.2) is 4.39 Å². The van der Waals surface area contributed by atoms with Crippen LogP contribution in [-0.2, 0) is 26.6 Å². The van der Waals surface area contributed by atoms with E-state index in [0.29, 0.717) is 50.0 Å². The van der Waals surface area contributed by atoms with E-state index in [9.17, 15) is 35.8 Å². The molecule has 2 aromatic carbocycles. The summed E-state index contributed by atoms with van der Waals surface area (Å²) in [5, 5.41) is 10.7. The lowest BCUT2D eigenvalue weighted by molar-refractivity contribution is -0.213. The van der Waals surface area contributed by atoms with Gasteiger partial charge in [-0.2, -0.15) is 26.3 Å². The Morgan fingerprint density at radius 1 is 0.952 bits per heavy atom. The summed E-state index contributed by atoms with van der Waals surface area (Å²) in [6.45, 7) is 5.16. The number of piperidine rings is 1. The van der Waals surface area contributed by atoms with E-state index in [1.165, 1.54) is 19.1 Å². The number of aliphatic hydroxyl groups is 1. The van der Waals surface area contributed by atoms with Crippen LogP contribution in [0.1, 0.15) is 67.4 Å². The maximum atomic E-state index is 13.9. The normalized spacial score (nSPS) is 29.6. The lowest BCUT2D eigenvalue weighted by Crippen LogP contribution is -2.55. The average molecular weight is 606 g/mol. The molecule has 232 valence electrons. The predicted molar refractivity (Wildman–Crippen MR) is 138 cm³/mol. The van der Waals surface area contributed by atoms with E-state index in [4.69, 9.17) is 14.2 Å². The second kappa shape index (κ2) is 11.7. The van der Waals surface area contributed by atoms with Crippen molar-refractivity contribution in [2.24, 2.45) is 5.41 Å². The maximum absolute atomic E-state index is 13.9. The van der Waals surface area contributed by atoms with Crippen molar-refractivity contribution in [1.29, 1.82) is 0 Å². The van der Waals surface area contributed by atoms with E-state index in [-0.39, 0.29) is 42.4 Å². The number of halogens is 7. The molecule has 6 atom stereocenters. The number of nitrogens with zero attached hydrogens (tertiary/aromatic N) is 1. The highest BCUT2D eigenvalue weighted by atomic mass is 19.4. The van der Waals surface area contributed by atoms with Gasteiger partial charge >= 0.3 is 12.4 Å². The first-order valence-electron chi connectivity index (χ1n) is 14.0. The molecule has 2 aromatic rings. The molecule has 3 unspecified atom stereocenters. The molecule has 0 amide bonds. The summed E-state index contributed by atoms with van der Waals surface area (Å²) in [7, 11) is 0. The van der Waals surface area contributed by atoms with Crippen molar-refractivity contribution < 1.29 is 50.1 Å². The van der Waals surface area contributed by atoms with Crippen LogP contribution < -0.4 is 0 Å². The van der Waals surface area contributed by atoms with E-state index in [0.717, 1.165) is 0 Å². The Bertz CT molecular complexity index is 1180. The Morgan fingerprint density at radius 3 is 2.07 bits per heavy atom. The summed E-state index contributed by atoms with van der Waals surface area (Å²) in [6, 6.07) is 7.02. The summed E-state index contributed by atoms with van der Waals surface area (Å²) in [5.74, 6) is -0.962. The summed E-state index contributed by atoms with van der Waals surface area (Å²) in [4.78, 5) is 2.26. The van der Waals surface area contributed by atoms with Gasteiger partial charge in [-0.05, 0) is 87.7 Å². The summed E-state index contributed by atoms with van der Waals surface area (Å²) in [5.41, 5.74) is -2.80. The van der Waals surface area contributed by atoms with Gasteiger partial charge in [0.05, 0.1) is 48.6 Å². The van der Waals surface area contributed by atoms with Crippen molar-refractivity contribution in [2.45, 2.75) is 82.0 Å². The van der Waals surface area contributed by atoms with Gasteiger partial charge in [0.1, 0.15) is 5.82 Å². The summed E-state index contributed by atoms with van der Waals surface area (Å²) in [6.07, 6.45) is -10.9. The van der Waals surface area contributed by atoms with Crippen LogP contribution in [0.4, 0.5) is 30.7 Å². The molecular formula is C30H34F7NO4. The van der Waals surface area contributed by atoms with Crippen molar-refractivity contribution >= 4 is 0 Å². The third-order valence-electron chi connectivity index (χ3n) is 9.25. The first kappa shape index (κ1) is 31.2. The summed E-state index contributed by atoms with van der Waals surface area (Å²) >= 11 is 0. The number of hydrogen-bond donors (Lipinski definition) is 1. The van der Waals surface area contributed by atoms with Gasteiger partial charge in [-0.15, -0.1) is 0 Å². The van der Waals surface area contributed by atoms with Crippen LogP contribution in [0.3, 0.4) is 0 Å². The second-order valence-corrected chi connectivity index (χ2v) is 11.6. The Kier molecular flexibility index (Phi) is 8.67. The highest BCUT2D eigenvalue weighted by molar-refractivity contribution is 5.35. The molecule has 1 N–H and O–H groups in total. The maximum Gasteiger partial charge on any atom is 0.416 e. The molecule has 3 saturated heterocycles. The molecule has 1 spiro atoms. The fourth-order valence-electron chi connectivity index (χ4n) is 6.71. The van der Waals surface area contributed by atoms with Gasteiger partial charge in [0.25, 0.3) is 0 Å². The Morgan fingerprint density at radius 2 is 1.55 bits per heavy atom. The molecule has 5 rings (SSSR count). The van der Waals surface area contributed by atoms with E-state index >= 15 is 0 Å². The zero-order chi connectivity index (χ0) is 30.4. The molecule has 3 heterocycles. The van der Waals surface area contributed by atoms with Crippen molar-refractivity contribution in [3.63, 3.8) is 0 Å². The molecule has 12 heteroatoms. The Labute approximate surface area is 239 Å². The van der Waals surface area contributed by atoms with Crippen LogP contribution in [0.25, 0.3) is 0 Å². The van der Waals surface area contributed by atoms with Gasteiger partial charge in [-0.3, -0.25) is 4.90 Å². The molecule has 3 aliphatic heterocycles. The van der Waals surface area contributed by atoms with Gasteiger partial charge in [0.2, 0.25) is 0 Å². The average Bonchev–Trinajstić information content (AvgIpc) is 3.21. The predicted octanol–water partition coefficient (Wildman–Crippen LogP) is 6.70. The molecule has 3 aliphatic rings. The van der Waals surface area contributed by atoms with Crippen molar-refractivity contribution in [1.82, 2.24) is 4.90 Å². The minimum absolute atomic E-state index is 0.0843. The highest BCUT2D eigenvalue weighted by Gasteiger charge is 2.52. The topological polar surface area (TPSA) is 51.2 Å². The number of ether oxygens (including phenoxy) is 3. The minimum atomic E-state index is -4.99. The minimum Gasteiger partial charge on any atom is -0.390 e. The molecule has 0 saturated carbocycles. The standard InChI is InChI=1S/C30H34F7NO4/c1-17(20-13-21(29(32,33)34)15-22(14-20)30(35,36)37)42-27-26(19-3-5-23(31)6-4-19)24(7-12-40-27)38-10-8-28(9-11-38)18(2)41-16-25(28)39/h3-6,13-15,17-18,24-27,39H,7-12,16H2,1-2H3/t17?,18?,24-,25?,26+,27+/m0/s1. The van der Waals surface area contributed by atoms with E-state index in [2.05, 4.69) is 4.90 Å². The first-order chi connectivity index (χ1) is 19.7. The molecular weight excluding hydrogens is 571 g/mol. The van der Waals surface area contributed by atoms with Crippen LogP contribution in [0.15, 0.2) is 42.5 Å². The number of aliphatic hydroxyl groups excluding tert-OH is 1. The molecule has 0 aliphatic carbocycles. The quantitative estimate of drug-likeness (QED) is 0.385. The van der Waals surface area contributed by atoms with E-state index < -0.39 is 53.7 Å². The SMILES string of the molecule is CC(O[C@H]1OCC[C@H](N2CCC3(CC2)C(O)COC3C)[C@H]1c1ccc(F)cc1)c1cc(C(F)(F)F)cc(C(F)(F)F)c1. The van der Waals surface area contributed by atoms with Gasteiger partial charge < -0.3 is 19.3 Å². The largest absolute Gasteiger partial charge is 0.416 e. The zero-order valence-corrected chi connectivity index (χ0v) is 23.2. The fourth-order valence-corrected chi connectivity index (χ4v) is 6.71. The van der Waals surface area contributed by atoms with Crippen LogP contribution in [0, 0.1) is 11.2 Å². The van der Waals surface area contributed by atoms with Gasteiger partial charge in [0, 0.05) is 11.5 Å². The van der Waals surface area contributed by atoms with E-state index in [1.807, 2.05) is 6.92 Å². The second-order valence-electron chi connectivity index (χ2n) is 11.6. The molecule has 3 fully saturated rings. The van der Waals surface area contributed by atoms with Crippen LogP contribution >= 0.6 is 0 Å². The molecule has 0 bridgehead atoms. The molecule has 0 radical (unpaired) electrons. The zero-order valence-electron chi connectivity index (χ0n) is 23.2. The third kappa shape index (κ3) is 6.19. The van der Waals surface area contributed by atoms with Crippen molar-refractivity contribution in [2.75, 3.05) is 26.3 Å². The number of alkyl halides is 6. The number of benzene rings is 2. The van der Waals surface area contributed by atoms with Gasteiger partial charge in [-0.1, -0.05) is 12.1 Å². The van der Waals surface area contributed by atoms with Crippen LogP contribution in [0.2, 0.25) is 0 Å². The Hall–Kier alpha value is -2.25. The molecule has 42 heavy (non-hydrogen) atoms. The van der Waals surface area contributed by atoms with E-state index in [1.54, 1.807) is 12.1 Å². The molecule has 5 nitrogen and oxygen atoms in total. The summed E-state index contributed by atoms with van der Waals surface area (Å²) < 4.78 is 113. The Balaban J connectivity index is 1.42.